The second kappa shape index (κ2) is 5.15. The Morgan fingerprint density at radius 2 is 2.11 bits per heavy atom. The molecule has 2 aromatic rings. The average molecular weight is 291 g/mol. The van der Waals surface area contributed by atoms with Crippen LogP contribution in [0.1, 0.15) is 12.2 Å². The van der Waals surface area contributed by atoms with Gasteiger partial charge in [0.25, 0.3) is 0 Å². The number of halogens is 1. The topological polar surface area (TPSA) is 28.7 Å². The monoisotopic (exact) mass is 290 g/mol. The van der Waals surface area contributed by atoms with Gasteiger partial charge in [-0.25, -0.2) is 0 Å². The van der Waals surface area contributed by atoms with E-state index >= 15 is 0 Å². The van der Waals surface area contributed by atoms with Crippen LogP contribution in [-0.2, 0) is 0 Å². The molecular formula is C14H11ClN2OS. The Bertz CT molecular complexity index is 650. The van der Waals surface area contributed by atoms with Crippen LogP contribution in [0.5, 0.6) is 0 Å². The number of thiocarbonyl (C=S) groups is 1. The first kappa shape index (κ1) is 12.4. The maximum atomic E-state index is 5.98. The molecule has 0 bridgehead atoms. The van der Waals surface area contributed by atoms with Crippen molar-refractivity contribution in [2.75, 3.05) is 6.54 Å². The van der Waals surface area contributed by atoms with Gasteiger partial charge in [-0.05, 0) is 24.3 Å². The molecule has 0 atom stereocenters. The van der Waals surface area contributed by atoms with Crippen LogP contribution in [0.2, 0.25) is 5.02 Å². The van der Waals surface area contributed by atoms with Crippen molar-refractivity contribution in [1.82, 2.24) is 5.01 Å². The second-order valence-electron chi connectivity index (χ2n) is 4.24. The van der Waals surface area contributed by atoms with Gasteiger partial charge in [0.15, 0.2) is 5.76 Å². The molecule has 19 heavy (non-hydrogen) atoms. The third-order valence-electron chi connectivity index (χ3n) is 2.95. The Morgan fingerprint density at radius 1 is 1.26 bits per heavy atom. The van der Waals surface area contributed by atoms with Crippen molar-refractivity contribution in [2.45, 2.75) is 6.42 Å². The molecule has 0 saturated carbocycles. The minimum Gasteiger partial charge on any atom is -0.455 e. The molecule has 0 amide bonds. The fourth-order valence-electron chi connectivity index (χ4n) is 2.01. The van der Waals surface area contributed by atoms with Gasteiger partial charge in [-0.15, -0.1) is 0 Å². The molecular weight excluding hydrogens is 280 g/mol. The van der Waals surface area contributed by atoms with Crippen molar-refractivity contribution in [3.8, 4) is 11.3 Å². The normalized spacial score (nSPS) is 14.6. The molecule has 1 aromatic carbocycles. The van der Waals surface area contributed by atoms with E-state index in [1.54, 1.807) is 10.5 Å². The standard InChI is InChI=1S/C14H11ClN2OS/c15-11-3-1-2-10(8-11)13-4-5-14(18-13)12-6-7-17(9-19)16-12/h1-5,8-9H,6-7H2. The van der Waals surface area contributed by atoms with E-state index in [2.05, 4.69) is 5.10 Å². The number of hydrogen-bond donors (Lipinski definition) is 0. The Morgan fingerprint density at radius 3 is 2.84 bits per heavy atom. The van der Waals surface area contributed by atoms with Gasteiger partial charge in [0, 0.05) is 23.6 Å². The van der Waals surface area contributed by atoms with E-state index in [-0.39, 0.29) is 0 Å². The summed E-state index contributed by atoms with van der Waals surface area (Å²) in [5.74, 6) is 1.58. The molecule has 0 saturated heterocycles. The highest BCUT2D eigenvalue weighted by Crippen LogP contribution is 2.26. The number of nitrogens with zero attached hydrogens (tertiary/aromatic N) is 2. The highest BCUT2D eigenvalue weighted by molar-refractivity contribution is 7.78. The summed E-state index contributed by atoms with van der Waals surface area (Å²) < 4.78 is 5.84. The molecule has 0 unspecified atom stereocenters. The molecule has 5 heteroatoms. The van der Waals surface area contributed by atoms with Gasteiger partial charge < -0.3 is 4.42 Å². The van der Waals surface area contributed by atoms with E-state index < -0.39 is 0 Å². The van der Waals surface area contributed by atoms with E-state index in [9.17, 15) is 0 Å². The largest absolute Gasteiger partial charge is 0.455 e. The number of rotatable bonds is 3. The molecule has 3 nitrogen and oxygen atoms in total. The van der Waals surface area contributed by atoms with Crippen molar-refractivity contribution in [3.05, 3.63) is 47.2 Å². The SMILES string of the molecule is S=CN1CCC(c2ccc(-c3cccc(Cl)c3)o2)=N1. The third-order valence-corrected chi connectivity index (χ3v) is 3.43. The van der Waals surface area contributed by atoms with E-state index in [1.807, 2.05) is 36.4 Å². The van der Waals surface area contributed by atoms with Crippen LogP contribution in [0.15, 0.2) is 45.9 Å². The molecule has 0 spiro atoms. The highest BCUT2D eigenvalue weighted by atomic mass is 35.5. The minimum atomic E-state index is 0.695. The Kier molecular flexibility index (Phi) is 3.36. The first-order valence-electron chi connectivity index (χ1n) is 5.92. The Labute approximate surface area is 121 Å². The van der Waals surface area contributed by atoms with Crippen molar-refractivity contribution in [1.29, 1.82) is 0 Å². The average Bonchev–Trinajstić information content (AvgIpc) is 3.07. The van der Waals surface area contributed by atoms with Crippen molar-refractivity contribution in [2.24, 2.45) is 5.10 Å². The highest BCUT2D eigenvalue weighted by Gasteiger charge is 2.17. The predicted octanol–water partition coefficient (Wildman–Crippen LogP) is 3.97. The van der Waals surface area contributed by atoms with Crippen LogP contribution in [0.25, 0.3) is 11.3 Å². The maximum Gasteiger partial charge on any atom is 0.150 e. The lowest BCUT2D eigenvalue weighted by Crippen LogP contribution is -2.08. The molecule has 0 fully saturated rings. The molecule has 0 aliphatic carbocycles. The van der Waals surface area contributed by atoms with Gasteiger partial charge in [0.05, 0.1) is 5.49 Å². The van der Waals surface area contributed by atoms with Gasteiger partial charge in [0.2, 0.25) is 0 Å². The predicted molar refractivity (Wildman–Crippen MR) is 80.7 cm³/mol. The first-order valence-corrected chi connectivity index (χ1v) is 6.77. The molecule has 0 radical (unpaired) electrons. The van der Waals surface area contributed by atoms with E-state index in [4.69, 9.17) is 28.2 Å². The quantitative estimate of drug-likeness (QED) is 0.801. The lowest BCUT2D eigenvalue weighted by atomic mass is 10.2. The van der Waals surface area contributed by atoms with E-state index in [0.717, 1.165) is 35.8 Å². The number of benzene rings is 1. The zero-order chi connectivity index (χ0) is 13.2. The molecule has 0 N–H and O–H groups in total. The lowest BCUT2D eigenvalue weighted by molar-refractivity contribution is 0.513. The van der Waals surface area contributed by atoms with Crippen molar-refractivity contribution < 1.29 is 4.42 Å². The van der Waals surface area contributed by atoms with Crippen LogP contribution in [0.3, 0.4) is 0 Å². The summed E-state index contributed by atoms with van der Waals surface area (Å²) in [5, 5.41) is 6.81. The number of hydrogen-bond acceptors (Lipinski definition) is 3. The molecule has 1 aliphatic heterocycles. The van der Waals surface area contributed by atoms with Crippen LogP contribution < -0.4 is 0 Å². The maximum absolute atomic E-state index is 5.98. The lowest BCUT2D eigenvalue weighted by Gasteiger charge is -2.01. The van der Waals surface area contributed by atoms with Crippen molar-refractivity contribution >= 4 is 35.0 Å². The zero-order valence-corrected chi connectivity index (χ0v) is 11.6. The first-order chi connectivity index (χ1) is 9.26. The minimum absolute atomic E-state index is 0.695. The van der Waals surface area contributed by atoms with Gasteiger partial charge in [-0.3, -0.25) is 5.01 Å². The Hall–Kier alpha value is -1.65. The van der Waals surface area contributed by atoms with Gasteiger partial charge in [0.1, 0.15) is 11.5 Å². The summed E-state index contributed by atoms with van der Waals surface area (Å²) in [5.41, 5.74) is 3.44. The summed E-state index contributed by atoms with van der Waals surface area (Å²) in [6.07, 6.45) is 0.843. The van der Waals surface area contributed by atoms with Gasteiger partial charge >= 0.3 is 0 Å². The third kappa shape index (κ3) is 2.55. The molecule has 1 aromatic heterocycles. The summed E-state index contributed by atoms with van der Waals surface area (Å²) in [6.45, 7) is 0.812. The summed E-state index contributed by atoms with van der Waals surface area (Å²) >= 11 is 10.8. The van der Waals surface area contributed by atoms with E-state index in [0.29, 0.717) is 5.02 Å². The van der Waals surface area contributed by atoms with Crippen LogP contribution in [-0.4, -0.2) is 22.8 Å². The smallest absolute Gasteiger partial charge is 0.150 e. The van der Waals surface area contributed by atoms with Gasteiger partial charge in [-0.2, -0.15) is 5.10 Å². The van der Waals surface area contributed by atoms with Crippen LogP contribution in [0.4, 0.5) is 0 Å². The number of hydrazone groups is 1. The van der Waals surface area contributed by atoms with Crippen LogP contribution in [0, 0.1) is 0 Å². The molecule has 96 valence electrons. The molecule has 3 rings (SSSR count). The summed E-state index contributed by atoms with van der Waals surface area (Å²) in [6, 6.07) is 11.5. The fraction of sp³-hybridized carbons (Fsp3) is 0.143. The number of furan rings is 1. The summed E-state index contributed by atoms with van der Waals surface area (Å²) in [7, 11) is 0. The second-order valence-corrected chi connectivity index (χ2v) is 4.89. The summed E-state index contributed by atoms with van der Waals surface area (Å²) in [4.78, 5) is 0. The van der Waals surface area contributed by atoms with Crippen molar-refractivity contribution in [3.63, 3.8) is 0 Å². The van der Waals surface area contributed by atoms with Gasteiger partial charge in [-0.1, -0.05) is 36.0 Å². The molecule has 2 heterocycles. The van der Waals surface area contributed by atoms with Crippen LogP contribution >= 0.6 is 23.8 Å². The van der Waals surface area contributed by atoms with E-state index in [1.165, 1.54) is 0 Å². The Balaban J connectivity index is 1.90. The fourth-order valence-corrected chi connectivity index (χ4v) is 2.36. The zero-order valence-electron chi connectivity index (χ0n) is 10.0. The molecule has 1 aliphatic rings.